The Labute approximate surface area is 214 Å². The topological polar surface area (TPSA) is 89.2 Å². The number of ether oxygens (including phenoxy) is 2. The second-order valence-corrected chi connectivity index (χ2v) is 9.98. The fraction of sp³-hybridized carbons (Fsp3) is 0.357. The molecule has 0 spiro atoms. The van der Waals surface area contributed by atoms with Crippen LogP contribution in [0.3, 0.4) is 0 Å². The standard InChI is InChI=1S/C28H28ClNO6/c1-15(2)16-6-8-17(9-7-16)24-23(26(32)28(33)30(24)14-20-5-4-10-35-20)25(31)21-12-18-11-19(29)13-22(34-3)27(18)36-21/h6-9,11-13,15,20,24,32H,4-5,10,14H2,1-3H3. The highest BCUT2D eigenvalue weighted by Gasteiger charge is 2.45. The largest absolute Gasteiger partial charge is 0.503 e. The lowest BCUT2D eigenvalue weighted by Crippen LogP contribution is -2.37. The van der Waals surface area contributed by atoms with Gasteiger partial charge >= 0.3 is 0 Å². The molecule has 1 aromatic heterocycles. The number of aliphatic hydroxyl groups is 1. The van der Waals surface area contributed by atoms with Crippen LogP contribution in [0.25, 0.3) is 11.0 Å². The molecule has 5 rings (SSSR count). The Kier molecular flexibility index (Phi) is 6.53. The van der Waals surface area contributed by atoms with Gasteiger partial charge in [-0.25, -0.2) is 0 Å². The van der Waals surface area contributed by atoms with Gasteiger partial charge in [-0.1, -0.05) is 49.7 Å². The maximum atomic E-state index is 13.8. The maximum absolute atomic E-state index is 13.8. The van der Waals surface area contributed by atoms with Gasteiger partial charge in [-0.15, -0.1) is 0 Å². The van der Waals surface area contributed by atoms with Crippen LogP contribution >= 0.6 is 11.6 Å². The van der Waals surface area contributed by atoms with Crippen molar-refractivity contribution in [2.24, 2.45) is 0 Å². The molecule has 2 unspecified atom stereocenters. The van der Waals surface area contributed by atoms with Gasteiger partial charge in [0.25, 0.3) is 5.91 Å². The molecular weight excluding hydrogens is 482 g/mol. The van der Waals surface area contributed by atoms with Gasteiger partial charge in [0.05, 0.1) is 24.8 Å². The Bertz CT molecular complexity index is 1350. The second-order valence-electron chi connectivity index (χ2n) is 9.54. The quantitative estimate of drug-likeness (QED) is 0.394. The van der Waals surface area contributed by atoms with Crippen LogP contribution in [0, 0.1) is 0 Å². The van der Waals surface area contributed by atoms with Gasteiger partial charge in [0, 0.05) is 29.6 Å². The fourth-order valence-corrected chi connectivity index (χ4v) is 5.19. The molecule has 8 heteroatoms. The van der Waals surface area contributed by atoms with Gasteiger partial charge in [-0.2, -0.15) is 0 Å². The molecular formula is C28H28ClNO6. The predicted octanol–water partition coefficient (Wildman–Crippen LogP) is 5.98. The van der Waals surface area contributed by atoms with E-state index >= 15 is 0 Å². The lowest BCUT2D eigenvalue weighted by atomic mass is 9.92. The van der Waals surface area contributed by atoms with E-state index in [4.69, 9.17) is 25.5 Å². The van der Waals surface area contributed by atoms with Crippen molar-refractivity contribution >= 4 is 34.3 Å². The zero-order valence-corrected chi connectivity index (χ0v) is 21.2. The number of rotatable bonds is 7. The van der Waals surface area contributed by atoms with E-state index in [-0.39, 0.29) is 24.0 Å². The van der Waals surface area contributed by atoms with Crippen LogP contribution in [0.2, 0.25) is 5.02 Å². The normalized spacial score (nSPS) is 20.2. The highest BCUT2D eigenvalue weighted by Crippen LogP contribution is 2.41. The van der Waals surface area contributed by atoms with E-state index in [0.29, 0.717) is 34.3 Å². The third kappa shape index (κ3) is 4.27. The molecule has 1 amide bonds. The summed E-state index contributed by atoms with van der Waals surface area (Å²) in [6, 6.07) is 11.8. The summed E-state index contributed by atoms with van der Waals surface area (Å²) in [7, 11) is 1.49. The van der Waals surface area contributed by atoms with Crippen LogP contribution in [-0.2, 0) is 9.53 Å². The number of furan rings is 1. The van der Waals surface area contributed by atoms with Gasteiger partial charge in [-0.3, -0.25) is 9.59 Å². The lowest BCUT2D eigenvalue weighted by molar-refractivity contribution is -0.131. The summed E-state index contributed by atoms with van der Waals surface area (Å²) in [4.78, 5) is 28.6. The summed E-state index contributed by atoms with van der Waals surface area (Å²) in [5, 5.41) is 12.0. The third-order valence-electron chi connectivity index (χ3n) is 6.88. The number of methoxy groups -OCH3 is 1. The molecule has 1 fully saturated rings. The molecule has 1 N–H and O–H groups in total. The van der Waals surface area contributed by atoms with Crippen molar-refractivity contribution in [3.8, 4) is 5.75 Å². The number of nitrogens with zero attached hydrogens (tertiary/aromatic N) is 1. The van der Waals surface area contributed by atoms with Gasteiger partial charge in [0.2, 0.25) is 5.78 Å². The lowest BCUT2D eigenvalue weighted by Gasteiger charge is -2.29. The van der Waals surface area contributed by atoms with Crippen LogP contribution in [-0.4, -0.2) is 48.1 Å². The van der Waals surface area contributed by atoms with E-state index in [1.165, 1.54) is 12.0 Å². The molecule has 0 aliphatic carbocycles. The number of carbonyl (C=O) groups is 2. The van der Waals surface area contributed by atoms with Crippen molar-refractivity contribution in [1.29, 1.82) is 0 Å². The Morgan fingerprint density at radius 1 is 1.22 bits per heavy atom. The molecule has 3 aromatic rings. The minimum Gasteiger partial charge on any atom is -0.503 e. The van der Waals surface area contributed by atoms with E-state index < -0.39 is 23.5 Å². The van der Waals surface area contributed by atoms with Crippen molar-refractivity contribution < 1.29 is 28.6 Å². The first-order valence-electron chi connectivity index (χ1n) is 12.1. The van der Waals surface area contributed by atoms with Gasteiger partial charge in [0.1, 0.15) is 0 Å². The monoisotopic (exact) mass is 509 g/mol. The van der Waals surface area contributed by atoms with Crippen LogP contribution < -0.4 is 4.74 Å². The number of fused-ring (bicyclic) bond motifs is 1. The molecule has 7 nitrogen and oxygen atoms in total. The number of benzene rings is 2. The number of carbonyl (C=O) groups excluding carboxylic acids is 2. The summed E-state index contributed by atoms with van der Waals surface area (Å²) in [6.07, 6.45) is 1.58. The molecule has 2 atom stereocenters. The molecule has 1 saturated heterocycles. The van der Waals surface area contributed by atoms with E-state index in [2.05, 4.69) is 13.8 Å². The maximum Gasteiger partial charge on any atom is 0.290 e. The Hall–Kier alpha value is -3.29. The van der Waals surface area contributed by atoms with E-state index in [9.17, 15) is 14.7 Å². The average molecular weight is 510 g/mol. The predicted molar refractivity (Wildman–Crippen MR) is 136 cm³/mol. The number of amides is 1. The summed E-state index contributed by atoms with van der Waals surface area (Å²) >= 11 is 6.18. The molecule has 2 aliphatic rings. The second kappa shape index (κ2) is 9.64. The highest BCUT2D eigenvalue weighted by atomic mass is 35.5. The van der Waals surface area contributed by atoms with E-state index in [1.807, 2.05) is 24.3 Å². The smallest absolute Gasteiger partial charge is 0.290 e. The van der Waals surface area contributed by atoms with Crippen molar-refractivity contribution in [2.75, 3.05) is 20.3 Å². The first kappa shape index (κ1) is 24.4. The van der Waals surface area contributed by atoms with Crippen molar-refractivity contribution in [3.63, 3.8) is 0 Å². The SMILES string of the molecule is COc1cc(Cl)cc2cc(C(=O)C3=C(O)C(=O)N(CC4CCCO4)C3c3ccc(C(C)C)cc3)oc12. The van der Waals surface area contributed by atoms with Crippen LogP contribution in [0.15, 0.2) is 58.2 Å². The highest BCUT2D eigenvalue weighted by molar-refractivity contribution is 6.31. The third-order valence-corrected chi connectivity index (χ3v) is 7.10. The minimum atomic E-state index is -0.769. The summed E-state index contributed by atoms with van der Waals surface area (Å²) in [5.74, 6) is -1.02. The van der Waals surface area contributed by atoms with Crippen LogP contribution in [0.1, 0.15) is 60.3 Å². The van der Waals surface area contributed by atoms with Gasteiger partial charge in [0.15, 0.2) is 22.9 Å². The first-order valence-corrected chi connectivity index (χ1v) is 12.4. The van der Waals surface area contributed by atoms with Crippen LogP contribution in [0.4, 0.5) is 0 Å². The van der Waals surface area contributed by atoms with E-state index in [0.717, 1.165) is 24.0 Å². The molecule has 3 heterocycles. The first-order chi connectivity index (χ1) is 17.3. The van der Waals surface area contributed by atoms with Crippen molar-refractivity contribution in [3.05, 3.63) is 75.7 Å². The number of hydrogen-bond acceptors (Lipinski definition) is 6. The number of aliphatic hydroxyl groups excluding tert-OH is 1. The van der Waals surface area contributed by atoms with Crippen molar-refractivity contribution in [1.82, 2.24) is 4.90 Å². The fourth-order valence-electron chi connectivity index (χ4n) is 4.97. The Morgan fingerprint density at radius 3 is 2.61 bits per heavy atom. The van der Waals surface area contributed by atoms with Crippen molar-refractivity contribution in [2.45, 2.75) is 44.8 Å². The number of halogens is 1. The number of Topliss-reactive ketones (excluding diaryl/α,β-unsaturated/α-hetero) is 1. The zero-order chi connectivity index (χ0) is 25.6. The summed E-state index contributed by atoms with van der Waals surface area (Å²) in [6.45, 7) is 5.11. The number of ketones is 1. The van der Waals surface area contributed by atoms with E-state index in [1.54, 1.807) is 18.2 Å². The Morgan fingerprint density at radius 2 is 1.97 bits per heavy atom. The Balaban J connectivity index is 1.58. The molecule has 36 heavy (non-hydrogen) atoms. The molecule has 2 aromatic carbocycles. The summed E-state index contributed by atoms with van der Waals surface area (Å²) in [5.41, 5.74) is 2.22. The van der Waals surface area contributed by atoms with Gasteiger partial charge < -0.3 is 23.9 Å². The molecule has 0 bridgehead atoms. The molecule has 0 saturated carbocycles. The number of hydrogen-bond donors (Lipinski definition) is 1. The zero-order valence-electron chi connectivity index (χ0n) is 20.4. The minimum absolute atomic E-state index is 0.0114. The van der Waals surface area contributed by atoms with Crippen LogP contribution in [0.5, 0.6) is 5.75 Å². The molecule has 0 radical (unpaired) electrons. The molecule has 188 valence electrons. The average Bonchev–Trinajstić information content (AvgIpc) is 3.59. The van der Waals surface area contributed by atoms with Gasteiger partial charge in [-0.05, 0) is 42.0 Å². The molecule has 2 aliphatic heterocycles. The summed E-state index contributed by atoms with van der Waals surface area (Å²) < 4.78 is 17.0.